The third kappa shape index (κ3) is 24.0. The normalized spacial score (nSPS) is 11.3. The topological polar surface area (TPSA) is 416 Å². The number of pyridine rings is 6. The summed E-state index contributed by atoms with van der Waals surface area (Å²) < 4.78 is 147. The molecule has 0 fully saturated rings. The number of hydrogen-bond donors (Lipinski definition) is 7. The molecule has 14 heterocycles. The fourth-order valence-electron chi connectivity index (χ4n) is 14.1. The number of aryl methyl sites for hydroxylation is 5. The molecular formula is C103H85ClF6N22O10S. The molecule has 722 valence electrons. The minimum absolute atomic E-state index is 0.0404. The maximum absolute atomic E-state index is 13.4. The second-order valence-electron chi connectivity index (χ2n) is 33.0. The van der Waals surface area contributed by atoms with Gasteiger partial charge in [-0.15, -0.1) is 0 Å². The third-order valence-corrected chi connectivity index (χ3v) is 23.4. The largest absolute Gasteiger partial charge is 0.496 e. The number of benzene rings is 8. The zero-order valence-electron chi connectivity index (χ0n) is 77.6. The Kier molecular flexibility index (Phi) is 29.4. The van der Waals surface area contributed by atoms with Crippen molar-refractivity contribution in [3.63, 3.8) is 0 Å². The van der Waals surface area contributed by atoms with E-state index in [1.165, 1.54) is 53.1 Å². The number of fused-ring (bicyclic) bond motifs is 7. The van der Waals surface area contributed by atoms with E-state index in [4.69, 9.17) is 53.3 Å². The lowest BCUT2D eigenvalue weighted by Crippen LogP contribution is -2.13. The summed E-state index contributed by atoms with van der Waals surface area (Å²) in [6.45, 7) is 16.2. The van der Waals surface area contributed by atoms with Gasteiger partial charge < -0.3 is 73.6 Å². The zero-order chi connectivity index (χ0) is 101. The molecular weight excluding hydrogens is 1890 g/mol. The van der Waals surface area contributed by atoms with Gasteiger partial charge in [-0.3, -0.25) is 0 Å². The van der Waals surface area contributed by atoms with Crippen LogP contribution in [-0.2, 0) is 27.5 Å². The summed E-state index contributed by atoms with van der Waals surface area (Å²) in [5.41, 5.74) is 16.5. The van der Waals surface area contributed by atoms with Crippen LogP contribution >= 0.6 is 11.6 Å². The van der Waals surface area contributed by atoms with Crippen LogP contribution in [0.25, 0.3) is 77.6 Å². The highest BCUT2D eigenvalue weighted by Gasteiger charge is 2.33. The quantitative estimate of drug-likeness (QED) is 0.0392. The Labute approximate surface area is 815 Å². The Bertz CT molecular complexity index is 8300. The van der Waals surface area contributed by atoms with Crippen LogP contribution < -0.4 is 42.0 Å². The third-order valence-electron chi connectivity index (χ3n) is 21.4. The molecule has 0 spiro atoms. The minimum atomic E-state index is -4.40. The molecule has 0 bridgehead atoms. The van der Waals surface area contributed by atoms with E-state index in [1.807, 2.05) is 106 Å². The first kappa shape index (κ1) is 98.0. The van der Waals surface area contributed by atoms with Gasteiger partial charge in [-0.25, -0.2) is 55.5 Å². The molecule has 8 aromatic carbocycles. The van der Waals surface area contributed by atoms with Crippen molar-refractivity contribution in [3.8, 4) is 11.8 Å². The molecule has 22 aromatic rings. The number of methoxy groups -OCH3 is 1. The molecule has 0 unspecified atom stereocenters. The predicted octanol–water partition coefficient (Wildman–Crippen LogP) is 27.1. The van der Waals surface area contributed by atoms with E-state index >= 15 is 0 Å². The molecule has 0 saturated heterocycles. The van der Waals surface area contributed by atoms with Crippen LogP contribution in [-0.4, -0.2) is 85.5 Å². The van der Waals surface area contributed by atoms with Crippen molar-refractivity contribution in [1.82, 2.24) is 70.0 Å². The van der Waals surface area contributed by atoms with Gasteiger partial charge in [0.2, 0.25) is 5.82 Å². The van der Waals surface area contributed by atoms with E-state index in [0.717, 1.165) is 57.9 Å². The SMILES string of the molecule is CC(C)(C)c1ccc(S(=O)(=O)n2ccc(Nc3noc4cccnc34)c2)cc1.CC(F)(F)c1cccc(Nc2noc3ncccc23)c1.COc1cccc2onc(Nc3cccc(C)c3)c12.Cc1cc(C#N)cc(Nc2noc3cccnc23)c1.Cc1ccc(Nc2noc3cccnc23)cc1C(F)(F)F.Cc1ccc(Nc2noc3cccnc23)cc1Cl.Cc1ccc(Nc2noc3cccnc23)cc1F. The lowest BCUT2D eigenvalue weighted by atomic mass is 9.87. The van der Waals surface area contributed by atoms with Crippen LogP contribution in [0.5, 0.6) is 5.75 Å². The monoisotopic (exact) mass is 1970 g/mol. The smallest absolute Gasteiger partial charge is 0.416 e. The van der Waals surface area contributed by atoms with E-state index in [1.54, 1.807) is 173 Å². The molecule has 143 heavy (non-hydrogen) atoms. The molecule has 0 amide bonds. The molecule has 7 N–H and O–H groups in total. The lowest BCUT2D eigenvalue weighted by Gasteiger charge is -2.19. The molecule has 0 aliphatic carbocycles. The van der Waals surface area contributed by atoms with Gasteiger partial charge in [0.15, 0.2) is 96.0 Å². The standard InChI is InChI=1S/C20H20N4O3S.C15H14N2O2.C14H10F3N3O.C14H11F2N3O.C14H10N4O.C13H10ClN3O.C13H10FN3O/c1-20(2,3)14-6-8-16(9-7-14)28(25,26)24-12-10-15(13-24)22-19-18-17(27-23-19)5-4-11-21-18;1-10-5-3-6-11(9-10)16-15-14-12(18-2)7-4-8-13(14)19-17-15;1-8-4-5-9(7-10(8)14(15,16)17)19-13-12-11(21-20-13)3-2-6-18-12;1-14(15,16)9-4-2-5-10(8-9)18-12-11-6-3-7-17-13(11)20-19-12;1-9-5-10(8-15)7-11(6-9)17-14-13-12(19-18-14)3-2-4-16-13;2*1-8-4-5-9(7-10(8)14)16-13-12-11(18-17-13)3-2-6-15-12/h4-13H,1-3H3,(H,22,23);3-9H,1-2H3,(H,16,17);2-7H,1H3,(H,19,20);2-8H,1H3,(H,18,19);2-7H,1H3,(H,17,18);2*2-7H,1H3,(H,16,17). The number of nitrogens with one attached hydrogen (secondary N) is 7. The van der Waals surface area contributed by atoms with Gasteiger partial charge in [-0.05, 0) is 255 Å². The van der Waals surface area contributed by atoms with E-state index in [0.29, 0.717) is 140 Å². The maximum Gasteiger partial charge on any atom is 0.416 e. The van der Waals surface area contributed by atoms with E-state index < -0.39 is 27.7 Å². The Balaban J connectivity index is 0.000000120. The second kappa shape index (κ2) is 42.9. The fraction of sp³-hybridized carbons (Fsp3) is 0.126. The number of halogens is 7. The van der Waals surface area contributed by atoms with E-state index in [2.05, 4.69) is 136 Å². The maximum atomic E-state index is 13.4. The van der Waals surface area contributed by atoms with Gasteiger partial charge in [-0.1, -0.05) is 129 Å². The number of hydrogen-bond acceptors (Lipinski definition) is 31. The Morgan fingerprint density at radius 1 is 0.392 bits per heavy atom. The van der Waals surface area contributed by atoms with Gasteiger partial charge in [0, 0.05) is 101 Å². The fourth-order valence-corrected chi connectivity index (χ4v) is 15.4. The summed E-state index contributed by atoms with van der Waals surface area (Å²) >= 11 is 6.07. The first-order chi connectivity index (χ1) is 68.7. The summed E-state index contributed by atoms with van der Waals surface area (Å²) in [5, 5.41) is 59.9. The van der Waals surface area contributed by atoms with E-state index in [-0.39, 0.29) is 38.8 Å². The number of nitrogens with zero attached hydrogens (tertiary/aromatic N) is 15. The van der Waals surface area contributed by atoms with Gasteiger partial charge in [-0.2, -0.15) is 18.4 Å². The first-order valence-electron chi connectivity index (χ1n) is 43.6. The summed E-state index contributed by atoms with van der Waals surface area (Å²) in [6, 6.07) is 71.8. The van der Waals surface area contributed by atoms with Crippen molar-refractivity contribution in [2.45, 2.75) is 84.7 Å². The molecule has 22 rings (SSSR count). The van der Waals surface area contributed by atoms with E-state index in [9.17, 15) is 34.8 Å². The van der Waals surface area contributed by atoms with Crippen LogP contribution in [0.3, 0.4) is 0 Å². The number of anilines is 14. The van der Waals surface area contributed by atoms with Crippen molar-refractivity contribution in [1.29, 1.82) is 5.26 Å². The Morgan fingerprint density at radius 3 is 1.32 bits per heavy atom. The summed E-state index contributed by atoms with van der Waals surface area (Å²) in [7, 11) is -2.05. The molecule has 0 atom stereocenters. The van der Waals surface area contributed by atoms with Crippen molar-refractivity contribution in [3.05, 3.63) is 353 Å². The lowest BCUT2D eigenvalue weighted by molar-refractivity contribution is -0.138. The van der Waals surface area contributed by atoms with Crippen molar-refractivity contribution >= 4 is 180 Å². The molecule has 0 aliphatic heterocycles. The molecule has 14 aromatic heterocycles. The van der Waals surface area contributed by atoms with Crippen LogP contribution in [0.15, 0.2) is 329 Å². The van der Waals surface area contributed by atoms with Crippen LogP contribution in [0.2, 0.25) is 5.02 Å². The van der Waals surface area contributed by atoms with Crippen molar-refractivity contribution in [2.75, 3.05) is 44.3 Å². The van der Waals surface area contributed by atoms with Crippen LogP contribution in [0.4, 0.5) is 107 Å². The number of rotatable bonds is 18. The van der Waals surface area contributed by atoms with Gasteiger partial charge in [0.25, 0.3) is 21.7 Å². The molecule has 40 heteroatoms. The van der Waals surface area contributed by atoms with Crippen LogP contribution in [0.1, 0.15) is 77.8 Å². The highest BCUT2D eigenvalue weighted by Crippen LogP contribution is 2.39. The highest BCUT2D eigenvalue weighted by molar-refractivity contribution is 7.90. The summed E-state index contributed by atoms with van der Waals surface area (Å²) in [6.07, 6.45) is 8.42. The molecule has 0 aliphatic rings. The summed E-state index contributed by atoms with van der Waals surface area (Å²) in [4.78, 5) is 25.2. The van der Waals surface area contributed by atoms with Gasteiger partial charge in [0.05, 0.1) is 40.3 Å². The second-order valence-corrected chi connectivity index (χ2v) is 35.3. The number of nitriles is 1. The number of ether oxygens (including phenoxy) is 1. The number of aromatic nitrogens is 14. The Hall–Kier alpha value is -18.1. The molecule has 32 nitrogen and oxygen atoms in total. The molecule has 0 radical (unpaired) electrons. The van der Waals surface area contributed by atoms with Gasteiger partial charge >= 0.3 is 6.18 Å². The highest BCUT2D eigenvalue weighted by atomic mass is 35.5. The molecule has 0 saturated carbocycles. The Morgan fingerprint density at radius 2 is 0.818 bits per heavy atom. The average Bonchev–Trinajstić information content (AvgIpc) is 1.70. The summed E-state index contributed by atoms with van der Waals surface area (Å²) in [5.74, 6) is 1.04. The van der Waals surface area contributed by atoms with Crippen LogP contribution in [0, 0.1) is 51.8 Å². The van der Waals surface area contributed by atoms with Gasteiger partial charge in [0.1, 0.15) is 17.0 Å². The van der Waals surface area contributed by atoms with Crippen molar-refractivity contribution < 1.29 is 71.2 Å². The van der Waals surface area contributed by atoms with Crippen molar-refractivity contribution in [2.24, 2.45) is 0 Å². The number of alkyl halides is 5. The predicted molar refractivity (Wildman–Crippen MR) is 533 cm³/mol. The average molecular weight is 1970 g/mol. The zero-order valence-corrected chi connectivity index (χ0v) is 79.1. The minimum Gasteiger partial charge on any atom is -0.496 e. The first-order valence-corrected chi connectivity index (χ1v) is 45.4.